The predicted octanol–water partition coefficient (Wildman–Crippen LogP) is 12.0. The largest absolute Gasteiger partial charge is 2.00 e. The van der Waals surface area contributed by atoms with Gasteiger partial charge in [0.05, 0.1) is 11.1 Å². The maximum absolute atomic E-state index is 6.76. The van der Waals surface area contributed by atoms with Crippen molar-refractivity contribution in [2.45, 2.75) is 44.9 Å². The Hall–Kier alpha value is -5.25. The van der Waals surface area contributed by atoms with Crippen molar-refractivity contribution < 1.29 is 30.2 Å². The molecule has 0 saturated heterocycles. The first-order valence-corrected chi connectivity index (χ1v) is 18.6. The number of aromatic nitrogens is 3. The molecule has 0 N–H and O–H groups in total. The molecule has 0 aliphatic heterocycles. The summed E-state index contributed by atoms with van der Waals surface area (Å²) in [6, 6.07) is 44.6. The molecule has 0 radical (unpaired) electrons. The van der Waals surface area contributed by atoms with E-state index in [1.54, 1.807) is 0 Å². The molecule has 5 aromatic carbocycles. The van der Waals surface area contributed by atoms with Crippen molar-refractivity contribution in [3.8, 4) is 28.6 Å². The summed E-state index contributed by atoms with van der Waals surface area (Å²) in [5.74, 6) is 2.53. The summed E-state index contributed by atoms with van der Waals surface area (Å²) < 4.78 is 15.7. The first kappa shape index (κ1) is 32.4. The maximum Gasteiger partial charge on any atom is 2.00 e. The zero-order valence-corrected chi connectivity index (χ0v) is 31.3. The quantitative estimate of drug-likeness (QED) is 0.162. The van der Waals surface area contributed by atoms with Crippen LogP contribution in [0.4, 0.5) is 0 Å². The molecular weight excluding hydrogens is 834 g/mol. The van der Waals surface area contributed by atoms with Crippen LogP contribution in [0.3, 0.4) is 0 Å². The molecule has 5 nitrogen and oxygen atoms in total. The average molecular weight is 869 g/mol. The number of nitrogens with zero attached hydrogens (tertiary/aromatic N) is 3. The van der Waals surface area contributed by atoms with Crippen LogP contribution in [0, 0.1) is 24.0 Å². The number of furan rings is 1. The molecule has 260 valence electrons. The number of ether oxygens (including phenoxy) is 1. The van der Waals surface area contributed by atoms with Crippen LogP contribution in [0.25, 0.3) is 71.6 Å². The topological polar surface area (TPSA) is 53.1 Å². The maximum atomic E-state index is 6.76. The van der Waals surface area contributed by atoms with Gasteiger partial charge in [-0.25, -0.2) is 0 Å². The van der Waals surface area contributed by atoms with Gasteiger partial charge in [-0.15, -0.1) is 6.07 Å². The van der Waals surface area contributed by atoms with E-state index in [1.807, 2.05) is 30.5 Å². The molecule has 4 aromatic heterocycles. The molecule has 1 fully saturated rings. The average Bonchev–Trinajstić information content (AvgIpc) is 3.90. The summed E-state index contributed by atoms with van der Waals surface area (Å²) in [6.07, 6.45) is 10.9. The van der Waals surface area contributed by atoms with E-state index >= 15 is 0 Å². The van der Waals surface area contributed by atoms with Crippen LogP contribution in [-0.2, 0) is 33.9 Å². The summed E-state index contributed by atoms with van der Waals surface area (Å²) in [5, 5.41) is 6.57. The van der Waals surface area contributed by atoms with Crippen LogP contribution >= 0.6 is 0 Å². The van der Waals surface area contributed by atoms with Gasteiger partial charge in [0.15, 0.2) is 0 Å². The van der Waals surface area contributed by atoms with Crippen LogP contribution in [0.2, 0.25) is 0 Å². The van der Waals surface area contributed by atoms with Crippen molar-refractivity contribution in [3.05, 3.63) is 139 Å². The zero-order valence-electron chi connectivity index (χ0n) is 29.0. The van der Waals surface area contributed by atoms with Crippen molar-refractivity contribution in [2.75, 3.05) is 0 Å². The molecule has 1 atom stereocenters. The summed E-state index contributed by atoms with van der Waals surface area (Å²) in [7, 11) is 0. The second-order valence-corrected chi connectivity index (χ2v) is 14.6. The second-order valence-electron chi connectivity index (χ2n) is 14.6. The molecule has 53 heavy (non-hydrogen) atoms. The SMILES string of the molecule is [Pt+2].[c-]1ccccc1-n1c2ccccc2c2ccc(Oc3[c-]c(-c4nccc5c4CC(C4CCCCC4)C5)c4oc5ccc6ccccc6c5c4c3)nc21. The van der Waals surface area contributed by atoms with E-state index in [2.05, 4.69) is 102 Å². The van der Waals surface area contributed by atoms with Crippen LogP contribution in [0.1, 0.15) is 43.2 Å². The fraction of sp³-hybridized carbons (Fsp3) is 0.191. The normalized spacial score (nSPS) is 16.1. The molecule has 0 bridgehead atoms. The van der Waals surface area contributed by atoms with Crippen LogP contribution in [-0.4, -0.2) is 14.5 Å². The molecule has 9 aromatic rings. The van der Waals surface area contributed by atoms with Gasteiger partial charge in [0.25, 0.3) is 0 Å². The Bertz CT molecular complexity index is 2830. The standard InChI is InChI=1S/C47H35N3O2.Pt/c1-3-11-29(12-4-1)32-25-31-23-24-48-45(38(31)26-32)40-28-34(27-39-44-35-16-8-7-13-30(35)19-21-42(44)52-46(39)40)51-43-22-20-37-36-17-9-10-18-41(36)50(47(37)49-43)33-14-5-2-6-15-33;/h2,5-10,13-14,16-24,27,29,32H,1,3-4,11-12,25-26H2;/q-2;+2. The third kappa shape index (κ3) is 5.31. The van der Waals surface area contributed by atoms with Crippen LogP contribution in [0.15, 0.2) is 120 Å². The van der Waals surface area contributed by atoms with Gasteiger partial charge < -0.3 is 18.7 Å². The third-order valence-corrected chi connectivity index (χ3v) is 11.7. The van der Waals surface area contributed by atoms with Gasteiger partial charge in [0.2, 0.25) is 5.88 Å². The fourth-order valence-electron chi connectivity index (χ4n) is 9.27. The van der Waals surface area contributed by atoms with Crippen molar-refractivity contribution in [1.29, 1.82) is 0 Å². The molecule has 0 amide bonds. The number of pyridine rings is 2. The third-order valence-electron chi connectivity index (χ3n) is 11.7. The van der Waals surface area contributed by atoms with Crippen molar-refractivity contribution in [1.82, 2.24) is 14.5 Å². The van der Waals surface area contributed by atoms with Gasteiger partial charge in [-0.3, -0.25) is 0 Å². The van der Waals surface area contributed by atoms with E-state index in [1.165, 1.54) is 48.6 Å². The zero-order chi connectivity index (χ0) is 34.2. The molecule has 1 unspecified atom stereocenters. The Labute approximate surface area is 321 Å². The number of para-hydroxylation sites is 2. The van der Waals surface area contributed by atoms with Gasteiger partial charge in [-0.2, -0.15) is 29.2 Å². The van der Waals surface area contributed by atoms with Crippen LogP contribution in [0.5, 0.6) is 11.6 Å². The number of benzene rings is 5. The van der Waals surface area contributed by atoms with Gasteiger partial charge >= 0.3 is 21.1 Å². The summed E-state index contributed by atoms with van der Waals surface area (Å²) in [6.45, 7) is 0. The summed E-state index contributed by atoms with van der Waals surface area (Å²) in [4.78, 5) is 10.2. The second kappa shape index (κ2) is 13.0. The molecule has 2 aliphatic rings. The Morgan fingerprint density at radius 1 is 0.755 bits per heavy atom. The summed E-state index contributed by atoms with van der Waals surface area (Å²) in [5.41, 5.74) is 9.02. The van der Waals surface area contributed by atoms with Crippen molar-refractivity contribution >= 4 is 54.6 Å². The Morgan fingerprint density at radius 2 is 1.60 bits per heavy atom. The van der Waals surface area contributed by atoms with E-state index in [4.69, 9.17) is 19.1 Å². The predicted molar refractivity (Wildman–Crippen MR) is 208 cm³/mol. The number of hydrogen-bond donors (Lipinski definition) is 0. The minimum atomic E-state index is 0. The van der Waals surface area contributed by atoms with E-state index in [0.29, 0.717) is 17.5 Å². The fourth-order valence-corrected chi connectivity index (χ4v) is 9.27. The number of hydrogen-bond acceptors (Lipinski definition) is 4. The van der Waals surface area contributed by atoms with Gasteiger partial charge in [-0.1, -0.05) is 121 Å². The molecule has 4 heterocycles. The molecule has 6 heteroatoms. The van der Waals surface area contributed by atoms with Crippen LogP contribution < -0.4 is 4.74 Å². The molecular formula is C47H35N3O2Pt. The smallest absolute Gasteiger partial charge is 0.501 e. The summed E-state index contributed by atoms with van der Waals surface area (Å²) >= 11 is 0. The van der Waals surface area contributed by atoms with E-state index in [9.17, 15) is 0 Å². The van der Waals surface area contributed by atoms with Gasteiger partial charge in [-0.05, 0) is 65.4 Å². The number of rotatable bonds is 5. The first-order chi connectivity index (χ1) is 25.8. The van der Waals surface area contributed by atoms with E-state index in [-0.39, 0.29) is 21.1 Å². The van der Waals surface area contributed by atoms with E-state index < -0.39 is 0 Å². The molecule has 11 rings (SSSR count). The van der Waals surface area contributed by atoms with Gasteiger partial charge in [0, 0.05) is 34.2 Å². The minimum Gasteiger partial charge on any atom is -0.501 e. The monoisotopic (exact) mass is 868 g/mol. The Morgan fingerprint density at radius 3 is 2.49 bits per heavy atom. The number of fused-ring (bicyclic) bond motifs is 9. The first-order valence-electron chi connectivity index (χ1n) is 18.6. The Kier molecular flexibility index (Phi) is 7.95. The molecule has 1 saturated carbocycles. The molecule has 0 spiro atoms. The minimum absolute atomic E-state index is 0. The Balaban J connectivity index is 0.00000349. The van der Waals surface area contributed by atoms with Crippen molar-refractivity contribution in [3.63, 3.8) is 0 Å². The van der Waals surface area contributed by atoms with E-state index in [0.717, 1.165) is 85.0 Å². The van der Waals surface area contributed by atoms with Crippen molar-refractivity contribution in [2.24, 2.45) is 11.8 Å². The molecule has 2 aliphatic carbocycles. The van der Waals surface area contributed by atoms with Gasteiger partial charge in [0.1, 0.15) is 11.2 Å².